The maximum absolute atomic E-state index is 12.6. The van der Waals surface area contributed by atoms with E-state index in [4.69, 9.17) is 5.73 Å². The van der Waals surface area contributed by atoms with Crippen LogP contribution < -0.4 is 5.73 Å². The summed E-state index contributed by atoms with van der Waals surface area (Å²) < 4.78 is 28.7. The molecule has 0 atom stereocenters. The van der Waals surface area contributed by atoms with Gasteiger partial charge in [-0.25, -0.2) is 8.42 Å². The SMILES string of the molecule is CCCCN(CC)S(=O)(=O)c1cc(CN)n(CCC)c1. The molecule has 116 valence electrons. The van der Waals surface area contributed by atoms with E-state index >= 15 is 0 Å². The fourth-order valence-corrected chi connectivity index (χ4v) is 3.77. The number of nitrogens with zero attached hydrogens (tertiary/aromatic N) is 2. The topological polar surface area (TPSA) is 68.3 Å². The molecule has 0 bridgehead atoms. The smallest absolute Gasteiger partial charge is 0.244 e. The van der Waals surface area contributed by atoms with E-state index in [2.05, 4.69) is 13.8 Å². The molecule has 0 spiro atoms. The molecule has 0 aliphatic heterocycles. The highest BCUT2D eigenvalue weighted by Crippen LogP contribution is 2.20. The van der Waals surface area contributed by atoms with Crippen LogP contribution in [-0.4, -0.2) is 30.4 Å². The zero-order valence-corrected chi connectivity index (χ0v) is 13.6. The summed E-state index contributed by atoms with van der Waals surface area (Å²) in [5.41, 5.74) is 6.57. The molecule has 1 aromatic heterocycles. The third kappa shape index (κ3) is 3.84. The van der Waals surface area contributed by atoms with Crippen LogP contribution in [0, 0.1) is 0 Å². The summed E-state index contributed by atoms with van der Waals surface area (Å²) in [6, 6.07) is 1.71. The van der Waals surface area contributed by atoms with Gasteiger partial charge in [-0.15, -0.1) is 0 Å². The summed E-state index contributed by atoms with van der Waals surface area (Å²) in [6.45, 7) is 8.23. The predicted octanol–water partition coefficient (Wildman–Crippen LogP) is 2.17. The van der Waals surface area contributed by atoms with Crippen molar-refractivity contribution in [2.45, 2.75) is 58.0 Å². The maximum Gasteiger partial charge on any atom is 0.244 e. The van der Waals surface area contributed by atoms with Crippen molar-refractivity contribution in [3.05, 3.63) is 18.0 Å². The normalized spacial score (nSPS) is 12.2. The van der Waals surface area contributed by atoms with Crippen LogP contribution in [0.4, 0.5) is 0 Å². The van der Waals surface area contributed by atoms with Crippen LogP contribution in [0.25, 0.3) is 0 Å². The lowest BCUT2D eigenvalue weighted by Gasteiger charge is -2.19. The first kappa shape index (κ1) is 17.2. The Morgan fingerprint density at radius 3 is 2.45 bits per heavy atom. The number of nitrogens with two attached hydrogens (primary N) is 1. The molecule has 0 saturated carbocycles. The minimum atomic E-state index is -3.40. The number of aromatic nitrogens is 1. The second-order valence-electron chi connectivity index (χ2n) is 4.91. The van der Waals surface area contributed by atoms with Crippen LogP contribution in [0.1, 0.15) is 45.7 Å². The molecular weight excluding hydrogens is 274 g/mol. The van der Waals surface area contributed by atoms with Crippen molar-refractivity contribution >= 4 is 10.0 Å². The van der Waals surface area contributed by atoms with Crippen molar-refractivity contribution in [1.29, 1.82) is 0 Å². The molecule has 0 fully saturated rings. The van der Waals surface area contributed by atoms with Crippen molar-refractivity contribution in [2.24, 2.45) is 5.73 Å². The van der Waals surface area contributed by atoms with E-state index in [0.29, 0.717) is 24.5 Å². The Hall–Kier alpha value is -0.850. The Kier molecular flexibility index (Phi) is 6.71. The van der Waals surface area contributed by atoms with Crippen LogP contribution in [0.2, 0.25) is 0 Å². The van der Waals surface area contributed by atoms with Crippen molar-refractivity contribution in [1.82, 2.24) is 8.87 Å². The Labute approximate surface area is 122 Å². The zero-order chi connectivity index (χ0) is 15.2. The van der Waals surface area contributed by atoms with E-state index in [-0.39, 0.29) is 0 Å². The summed E-state index contributed by atoms with van der Waals surface area (Å²) in [5.74, 6) is 0. The third-order valence-electron chi connectivity index (χ3n) is 3.39. The molecule has 2 N–H and O–H groups in total. The zero-order valence-electron chi connectivity index (χ0n) is 12.8. The van der Waals surface area contributed by atoms with E-state index in [1.165, 1.54) is 0 Å². The number of hydrogen-bond donors (Lipinski definition) is 1. The summed E-state index contributed by atoms with van der Waals surface area (Å²) in [5, 5.41) is 0. The maximum atomic E-state index is 12.6. The van der Waals surface area contributed by atoms with Gasteiger partial charge in [0.25, 0.3) is 0 Å². The standard InChI is InChI=1S/C14H27N3O2S/c1-4-7-9-17(6-3)20(18,19)14-10-13(11-15)16(12-14)8-5-2/h10,12H,4-9,11,15H2,1-3H3. The molecule has 0 aliphatic carbocycles. The fraction of sp³-hybridized carbons (Fsp3) is 0.714. The monoisotopic (exact) mass is 301 g/mol. The molecule has 5 nitrogen and oxygen atoms in total. The number of unbranched alkanes of at least 4 members (excludes halogenated alkanes) is 1. The number of aryl methyl sites for hydroxylation is 1. The molecule has 1 rings (SSSR count). The van der Waals surface area contributed by atoms with Gasteiger partial charge in [-0.2, -0.15) is 4.31 Å². The van der Waals surface area contributed by atoms with Gasteiger partial charge < -0.3 is 10.3 Å². The summed E-state index contributed by atoms with van der Waals surface area (Å²) in [6.07, 6.45) is 4.54. The summed E-state index contributed by atoms with van der Waals surface area (Å²) in [4.78, 5) is 0.365. The fourth-order valence-electron chi connectivity index (χ4n) is 2.22. The predicted molar refractivity (Wildman–Crippen MR) is 82.0 cm³/mol. The van der Waals surface area contributed by atoms with E-state index < -0.39 is 10.0 Å². The molecule has 20 heavy (non-hydrogen) atoms. The Morgan fingerprint density at radius 1 is 1.25 bits per heavy atom. The molecule has 1 aromatic rings. The lowest BCUT2D eigenvalue weighted by atomic mass is 10.3. The molecule has 0 aliphatic rings. The number of sulfonamides is 1. The first-order valence-electron chi connectivity index (χ1n) is 7.40. The first-order chi connectivity index (χ1) is 9.51. The summed E-state index contributed by atoms with van der Waals surface area (Å²) >= 11 is 0. The molecule has 0 radical (unpaired) electrons. The van der Waals surface area contributed by atoms with Gasteiger partial charge in [-0.05, 0) is 18.9 Å². The third-order valence-corrected chi connectivity index (χ3v) is 5.33. The number of rotatable bonds is 9. The highest BCUT2D eigenvalue weighted by Gasteiger charge is 2.24. The van der Waals surface area contributed by atoms with Crippen LogP contribution in [0.15, 0.2) is 17.2 Å². The highest BCUT2D eigenvalue weighted by atomic mass is 32.2. The van der Waals surface area contributed by atoms with Gasteiger partial charge in [0.15, 0.2) is 0 Å². The lowest BCUT2D eigenvalue weighted by Crippen LogP contribution is -2.31. The average molecular weight is 301 g/mol. The van der Waals surface area contributed by atoms with Crippen LogP contribution in [-0.2, 0) is 23.1 Å². The highest BCUT2D eigenvalue weighted by molar-refractivity contribution is 7.89. The van der Waals surface area contributed by atoms with E-state index in [1.54, 1.807) is 16.6 Å². The molecule has 6 heteroatoms. The van der Waals surface area contributed by atoms with Gasteiger partial charge in [-0.1, -0.05) is 27.2 Å². The molecule has 0 saturated heterocycles. The first-order valence-corrected chi connectivity index (χ1v) is 8.84. The van der Waals surface area contributed by atoms with Crippen LogP contribution in [0.5, 0.6) is 0 Å². The van der Waals surface area contributed by atoms with Crippen molar-refractivity contribution in [2.75, 3.05) is 13.1 Å². The van der Waals surface area contributed by atoms with Crippen LogP contribution in [0.3, 0.4) is 0 Å². The molecule has 1 heterocycles. The van der Waals surface area contributed by atoms with Crippen molar-refractivity contribution in [3.8, 4) is 0 Å². The van der Waals surface area contributed by atoms with Crippen LogP contribution >= 0.6 is 0 Å². The Morgan fingerprint density at radius 2 is 1.95 bits per heavy atom. The van der Waals surface area contributed by atoms with Gasteiger partial charge in [0.1, 0.15) is 4.90 Å². The lowest BCUT2D eigenvalue weighted by molar-refractivity contribution is 0.419. The Bertz CT molecular complexity index is 508. The quantitative estimate of drug-likeness (QED) is 0.760. The minimum Gasteiger partial charge on any atom is -0.349 e. The van der Waals surface area contributed by atoms with Gasteiger partial charge >= 0.3 is 0 Å². The van der Waals surface area contributed by atoms with E-state index in [1.807, 2.05) is 11.5 Å². The van der Waals surface area contributed by atoms with Crippen molar-refractivity contribution in [3.63, 3.8) is 0 Å². The molecule has 0 unspecified atom stereocenters. The van der Waals surface area contributed by atoms with Gasteiger partial charge in [0.05, 0.1) is 0 Å². The van der Waals surface area contributed by atoms with Crippen molar-refractivity contribution < 1.29 is 8.42 Å². The van der Waals surface area contributed by atoms with Gasteiger partial charge in [0, 0.05) is 38.1 Å². The largest absolute Gasteiger partial charge is 0.349 e. The molecular formula is C14H27N3O2S. The second kappa shape index (κ2) is 7.81. The van der Waals surface area contributed by atoms with Gasteiger partial charge in [0.2, 0.25) is 10.0 Å². The minimum absolute atomic E-state index is 0.358. The van der Waals surface area contributed by atoms with E-state index in [0.717, 1.165) is 31.5 Å². The summed E-state index contributed by atoms with van der Waals surface area (Å²) in [7, 11) is -3.40. The Balaban J connectivity index is 3.07. The molecule has 0 amide bonds. The number of hydrogen-bond acceptors (Lipinski definition) is 3. The second-order valence-corrected chi connectivity index (χ2v) is 6.85. The average Bonchev–Trinajstić information content (AvgIpc) is 2.83. The van der Waals surface area contributed by atoms with E-state index in [9.17, 15) is 8.42 Å². The molecule has 0 aromatic carbocycles. The van der Waals surface area contributed by atoms with Gasteiger partial charge in [-0.3, -0.25) is 0 Å².